The van der Waals surface area contributed by atoms with Gasteiger partial charge in [-0.2, -0.15) is 13.2 Å². The first kappa shape index (κ1) is 18.4. The maximum atomic E-state index is 12.7. The zero-order chi connectivity index (χ0) is 18.6. The van der Waals surface area contributed by atoms with Gasteiger partial charge in [0.1, 0.15) is 17.2 Å². The van der Waals surface area contributed by atoms with E-state index in [2.05, 4.69) is 0 Å². The highest BCUT2D eigenvalue weighted by molar-refractivity contribution is 5.94. The minimum atomic E-state index is -4.48. The first-order valence-electron chi connectivity index (χ1n) is 7.14. The number of alkyl halides is 3. The number of aliphatic carboxylic acids is 2. The molecule has 0 saturated heterocycles. The van der Waals surface area contributed by atoms with Crippen LogP contribution in [-0.2, 0) is 15.8 Å². The second-order valence-corrected chi connectivity index (χ2v) is 5.17. The van der Waals surface area contributed by atoms with Gasteiger partial charge in [-0.3, -0.25) is 0 Å². The Hall–Kier alpha value is -2.97. The number of carbonyl (C=O) groups is 2. The molecule has 0 amide bonds. The minimum Gasteiger partial charge on any atom is -0.478 e. The fourth-order valence-electron chi connectivity index (χ4n) is 2.25. The van der Waals surface area contributed by atoms with Gasteiger partial charge >= 0.3 is 18.1 Å². The number of rotatable bonds is 5. The Labute approximate surface area is 140 Å². The molecule has 0 spiro atoms. The zero-order valence-corrected chi connectivity index (χ0v) is 12.8. The van der Waals surface area contributed by atoms with Crippen LogP contribution in [0.3, 0.4) is 0 Å². The fraction of sp³-hybridized carbons (Fsp3) is 0.250. The normalized spacial score (nSPS) is 15.6. The molecule has 0 saturated carbocycles. The van der Waals surface area contributed by atoms with E-state index < -0.39 is 23.7 Å². The lowest BCUT2D eigenvalue weighted by molar-refractivity contribution is -0.137. The minimum absolute atomic E-state index is 0.0223. The summed E-state index contributed by atoms with van der Waals surface area (Å²) in [6.07, 6.45) is -2.16. The van der Waals surface area contributed by atoms with Crippen LogP contribution in [0.5, 0.6) is 5.75 Å². The van der Waals surface area contributed by atoms with Crippen molar-refractivity contribution in [1.82, 2.24) is 4.90 Å². The topological polar surface area (TPSA) is 87.1 Å². The lowest BCUT2D eigenvalue weighted by Gasteiger charge is -2.28. The van der Waals surface area contributed by atoms with E-state index in [1.165, 1.54) is 23.1 Å². The second-order valence-electron chi connectivity index (χ2n) is 5.17. The molecule has 0 fully saturated rings. The predicted octanol–water partition coefficient (Wildman–Crippen LogP) is 2.73. The monoisotopic (exact) mass is 357 g/mol. The molecule has 25 heavy (non-hydrogen) atoms. The molecule has 0 unspecified atom stereocenters. The molecule has 1 aromatic rings. The molecule has 6 nitrogen and oxygen atoms in total. The molecule has 2 rings (SSSR count). The molecule has 1 aliphatic heterocycles. The van der Waals surface area contributed by atoms with E-state index in [9.17, 15) is 22.8 Å². The average Bonchev–Trinajstić information content (AvgIpc) is 2.52. The summed E-state index contributed by atoms with van der Waals surface area (Å²) in [7, 11) is 0. The summed E-state index contributed by atoms with van der Waals surface area (Å²) >= 11 is 0. The maximum absolute atomic E-state index is 12.7. The Morgan fingerprint density at radius 3 is 2.48 bits per heavy atom. The van der Waals surface area contributed by atoms with Crippen LogP contribution in [0.15, 0.2) is 47.9 Å². The average molecular weight is 357 g/mol. The number of nitrogens with zero attached hydrogens (tertiary/aromatic N) is 1. The van der Waals surface area contributed by atoms with E-state index >= 15 is 0 Å². The van der Waals surface area contributed by atoms with Gasteiger partial charge in [0.15, 0.2) is 0 Å². The molecule has 9 heteroatoms. The lowest BCUT2D eigenvalue weighted by Crippen LogP contribution is -2.33. The first-order valence-corrected chi connectivity index (χ1v) is 7.14. The van der Waals surface area contributed by atoms with Crippen LogP contribution in [0, 0.1) is 0 Å². The summed E-state index contributed by atoms with van der Waals surface area (Å²) in [5, 5.41) is 17.8. The van der Waals surface area contributed by atoms with Gasteiger partial charge in [0.05, 0.1) is 11.6 Å². The molecule has 0 aromatic heterocycles. The van der Waals surface area contributed by atoms with Crippen LogP contribution in [0.25, 0.3) is 0 Å². The molecule has 0 bridgehead atoms. The Morgan fingerprint density at radius 2 is 1.96 bits per heavy atom. The van der Waals surface area contributed by atoms with Gasteiger partial charge in [0.2, 0.25) is 0 Å². The van der Waals surface area contributed by atoms with Crippen molar-refractivity contribution >= 4 is 11.9 Å². The van der Waals surface area contributed by atoms with Crippen LogP contribution >= 0.6 is 0 Å². The van der Waals surface area contributed by atoms with Crippen molar-refractivity contribution in [2.75, 3.05) is 13.1 Å². The van der Waals surface area contributed by atoms with Crippen molar-refractivity contribution in [1.29, 1.82) is 0 Å². The molecular formula is C16H14F3NO5. The van der Waals surface area contributed by atoms with E-state index in [1.807, 2.05) is 0 Å². The second kappa shape index (κ2) is 7.29. The van der Waals surface area contributed by atoms with E-state index in [4.69, 9.17) is 14.9 Å². The quantitative estimate of drug-likeness (QED) is 0.788. The number of hydrogen-bond acceptors (Lipinski definition) is 4. The third-order valence-electron chi connectivity index (χ3n) is 3.40. The van der Waals surface area contributed by atoms with Crippen LogP contribution < -0.4 is 4.74 Å². The summed E-state index contributed by atoms with van der Waals surface area (Å²) in [4.78, 5) is 23.1. The van der Waals surface area contributed by atoms with E-state index in [0.29, 0.717) is 11.8 Å². The van der Waals surface area contributed by atoms with Crippen LogP contribution in [0.1, 0.15) is 12.0 Å². The Balaban J connectivity index is 2.09. The molecule has 1 aromatic carbocycles. The maximum Gasteiger partial charge on any atom is 0.416 e. The van der Waals surface area contributed by atoms with E-state index in [-0.39, 0.29) is 31.0 Å². The van der Waals surface area contributed by atoms with Gasteiger partial charge in [-0.05, 0) is 24.3 Å². The summed E-state index contributed by atoms with van der Waals surface area (Å²) in [6, 6.07) is 4.42. The van der Waals surface area contributed by atoms with Crippen molar-refractivity contribution in [2.45, 2.75) is 12.6 Å². The SMILES string of the molecule is O=C(O)/C=C(\C(=O)O)N1CC=C(Oc2cccc(C(F)(F)F)c2)CC1. The highest BCUT2D eigenvalue weighted by atomic mass is 19.4. The van der Waals surface area contributed by atoms with Crippen LogP contribution in [0.4, 0.5) is 13.2 Å². The molecule has 1 heterocycles. The summed E-state index contributed by atoms with van der Waals surface area (Å²) in [6.45, 7) is 0.232. The van der Waals surface area contributed by atoms with Crippen molar-refractivity contribution in [3.05, 3.63) is 53.4 Å². The van der Waals surface area contributed by atoms with Crippen molar-refractivity contribution in [2.24, 2.45) is 0 Å². The third-order valence-corrected chi connectivity index (χ3v) is 3.40. The first-order chi connectivity index (χ1) is 11.7. The third kappa shape index (κ3) is 5.00. The lowest BCUT2D eigenvalue weighted by atomic mass is 10.2. The van der Waals surface area contributed by atoms with Gasteiger partial charge in [0, 0.05) is 19.5 Å². The molecular weight excluding hydrogens is 343 g/mol. The van der Waals surface area contributed by atoms with E-state index in [0.717, 1.165) is 12.1 Å². The molecule has 0 atom stereocenters. The number of halogens is 3. The largest absolute Gasteiger partial charge is 0.478 e. The van der Waals surface area contributed by atoms with Crippen molar-refractivity contribution in [3.8, 4) is 5.75 Å². The molecule has 134 valence electrons. The summed E-state index contributed by atoms with van der Waals surface area (Å²) in [5.74, 6) is -2.35. The zero-order valence-electron chi connectivity index (χ0n) is 12.8. The summed E-state index contributed by atoms with van der Waals surface area (Å²) in [5.41, 5.74) is -1.21. The molecule has 1 aliphatic rings. The smallest absolute Gasteiger partial charge is 0.416 e. The molecule has 0 radical (unpaired) electrons. The van der Waals surface area contributed by atoms with Crippen LogP contribution in [-0.4, -0.2) is 40.1 Å². The number of benzene rings is 1. The predicted molar refractivity (Wildman–Crippen MR) is 79.7 cm³/mol. The standard InChI is InChI=1S/C16H14F3NO5/c17-16(18,19)10-2-1-3-12(8-10)25-11-4-6-20(7-5-11)13(15(23)24)9-14(21)22/h1-4,8-9H,5-7H2,(H,21,22)(H,23,24)/b13-9+. The highest BCUT2D eigenvalue weighted by Gasteiger charge is 2.30. The highest BCUT2D eigenvalue weighted by Crippen LogP contribution is 2.32. The van der Waals surface area contributed by atoms with Gasteiger partial charge in [-0.1, -0.05) is 6.07 Å². The van der Waals surface area contributed by atoms with Crippen molar-refractivity contribution < 1.29 is 37.7 Å². The number of carboxylic acid groups (broad SMARTS) is 2. The van der Waals surface area contributed by atoms with Gasteiger partial charge in [-0.25, -0.2) is 9.59 Å². The number of hydrogen-bond donors (Lipinski definition) is 2. The van der Waals surface area contributed by atoms with Gasteiger partial charge in [0.25, 0.3) is 0 Å². The van der Waals surface area contributed by atoms with E-state index in [1.54, 1.807) is 0 Å². The van der Waals surface area contributed by atoms with Crippen LogP contribution in [0.2, 0.25) is 0 Å². The van der Waals surface area contributed by atoms with Gasteiger partial charge in [-0.15, -0.1) is 0 Å². The van der Waals surface area contributed by atoms with Gasteiger partial charge < -0.3 is 19.8 Å². The fourth-order valence-corrected chi connectivity index (χ4v) is 2.25. The molecule has 2 N–H and O–H groups in total. The Morgan fingerprint density at radius 1 is 1.24 bits per heavy atom. The number of ether oxygens (including phenoxy) is 1. The van der Waals surface area contributed by atoms with Crippen molar-refractivity contribution in [3.63, 3.8) is 0 Å². The Bertz CT molecular complexity index is 740. The summed E-state index contributed by atoms with van der Waals surface area (Å²) < 4.78 is 43.5. The Kier molecular flexibility index (Phi) is 5.35. The molecule has 0 aliphatic carbocycles. The number of carboxylic acids is 2.